The molecule has 56 heavy (non-hydrogen) atoms. The molecule has 9 heteroatoms. The fraction of sp³-hybridized carbons (Fsp3) is 0.362. The number of esters is 2. The van der Waals surface area contributed by atoms with Crippen molar-refractivity contribution < 1.29 is 28.6 Å². The number of hydrogen-bond donors (Lipinski definition) is 0. The molecule has 296 valence electrons. The number of aromatic nitrogens is 2. The topological polar surface area (TPSA) is 100.0 Å². The van der Waals surface area contributed by atoms with Gasteiger partial charge in [0.15, 0.2) is 5.69 Å². The highest BCUT2D eigenvalue weighted by atomic mass is 16.6. The van der Waals surface area contributed by atoms with Crippen LogP contribution < -0.4 is 4.74 Å². The summed E-state index contributed by atoms with van der Waals surface area (Å²) in [5, 5.41) is 4.90. The van der Waals surface area contributed by atoms with Crippen LogP contribution in [0.3, 0.4) is 0 Å². The summed E-state index contributed by atoms with van der Waals surface area (Å²) in [4.78, 5) is 43.7. The SMILES string of the molecule is CC.CC.CCCCc1c(-c2ccc(C(=O)OC(C)(C)C)cc2C(=O)N2CCc3ccccc3C2)c(C(=O)OCC)nn1-c1cccc(Oc2ccccc2)c1. The minimum absolute atomic E-state index is 0.0883. The third kappa shape index (κ3) is 10.5. The van der Waals surface area contributed by atoms with E-state index < -0.39 is 17.5 Å². The fourth-order valence-electron chi connectivity index (χ4n) is 6.41. The van der Waals surface area contributed by atoms with E-state index in [2.05, 4.69) is 13.0 Å². The quantitative estimate of drug-likeness (QED) is 0.124. The number of carbonyl (C=O) groups excluding carboxylic acids is 3. The van der Waals surface area contributed by atoms with Gasteiger partial charge in [-0.05, 0) is 100 Å². The number of carbonyl (C=O) groups is 3. The van der Waals surface area contributed by atoms with Crippen LogP contribution in [0, 0.1) is 0 Å². The second-order valence-electron chi connectivity index (χ2n) is 13.8. The lowest BCUT2D eigenvalue weighted by molar-refractivity contribution is 0.00692. The number of ether oxygens (including phenoxy) is 3. The van der Waals surface area contributed by atoms with Crippen molar-refractivity contribution in [2.45, 2.75) is 100 Å². The minimum Gasteiger partial charge on any atom is -0.461 e. The molecule has 0 saturated carbocycles. The molecule has 9 nitrogen and oxygen atoms in total. The second-order valence-corrected chi connectivity index (χ2v) is 13.8. The molecule has 2 heterocycles. The van der Waals surface area contributed by atoms with E-state index in [0.717, 1.165) is 24.1 Å². The number of nitrogens with zero attached hydrogens (tertiary/aromatic N) is 3. The van der Waals surface area contributed by atoms with Crippen molar-refractivity contribution in [1.82, 2.24) is 14.7 Å². The zero-order valence-electron chi connectivity index (χ0n) is 34.5. The number of amides is 1. The first-order valence-electron chi connectivity index (χ1n) is 19.9. The third-order valence-electron chi connectivity index (χ3n) is 8.83. The predicted molar refractivity (Wildman–Crippen MR) is 223 cm³/mol. The average Bonchev–Trinajstić information content (AvgIpc) is 3.60. The lowest BCUT2D eigenvalue weighted by atomic mass is 9.92. The van der Waals surface area contributed by atoms with Crippen molar-refractivity contribution in [2.75, 3.05) is 13.2 Å². The summed E-state index contributed by atoms with van der Waals surface area (Å²) < 4.78 is 19.2. The van der Waals surface area contributed by atoms with Crippen molar-refractivity contribution >= 4 is 17.8 Å². The first-order chi connectivity index (χ1) is 27.1. The Labute approximate surface area is 332 Å². The monoisotopic (exact) mass is 759 g/mol. The summed E-state index contributed by atoms with van der Waals surface area (Å²) in [6.07, 6.45) is 2.94. The van der Waals surface area contributed by atoms with Gasteiger partial charge in [-0.25, -0.2) is 14.3 Å². The summed E-state index contributed by atoms with van der Waals surface area (Å²) in [6, 6.07) is 30.1. The molecule has 4 aromatic carbocycles. The van der Waals surface area contributed by atoms with E-state index in [1.807, 2.05) is 100 Å². The highest BCUT2D eigenvalue weighted by Gasteiger charge is 2.32. The van der Waals surface area contributed by atoms with Crippen molar-refractivity contribution in [2.24, 2.45) is 0 Å². The van der Waals surface area contributed by atoms with Crippen molar-refractivity contribution in [3.05, 3.63) is 131 Å². The Hall–Kier alpha value is -5.70. The Kier molecular flexibility index (Phi) is 15.6. The van der Waals surface area contributed by atoms with Gasteiger partial charge < -0.3 is 19.1 Å². The minimum atomic E-state index is -0.735. The van der Waals surface area contributed by atoms with Gasteiger partial charge in [-0.1, -0.05) is 95.6 Å². The molecule has 6 rings (SSSR count). The van der Waals surface area contributed by atoms with Gasteiger partial charge in [0.25, 0.3) is 5.91 Å². The van der Waals surface area contributed by atoms with E-state index in [1.165, 1.54) is 5.56 Å². The zero-order chi connectivity index (χ0) is 40.8. The molecular weight excluding hydrogens is 703 g/mol. The Morgan fingerprint density at radius 3 is 2.12 bits per heavy atom. The van der Waals surface area contributed by atoms with E-state index >= 15 is 0 Å². The van der Waals surface area contributed by atoms with Gasteiger partial charge in [0.2, 0.25) is 0 Å². The highest BCUT2D eigenvalue weighted by molar-refractivity contribution is 6.07. The van der Waals surface area contributed by atoms with Crippen LogP contribution in [0.15, 0.2) is 97.1 Å². The van der Waals surface area contributed by atoms with E-state index in [0.29, 0.717) is 54.2 Å². The molecule has 0 fully saturated rings. The van der Waals surface area contributed by atoms with Crippen LogP contribution in [0.25, 0.3) is 16.8 Å². The number of hydrogen-bond acceptors (Lipinski definition) is 7. The molecule has 0 N–H and O–H groups in total. The second kappa shape index (κ2) is 20.3. The predicted octanol–water partition coefficient (Wildman–Crippen LogP) is 11.1. The normalized spacial score (nSPS) is 11.9. The van der Waals surface area contributed by atoms with Crippen molar-refractivity contribution in [1.29, 1.82) is 0 Å². The van der Waals surface area contributed by atoms with Gasteiger partial charge in [-0.3, -0.25) is 4.79 Å². The summed E-state index contributed by atoms with van der Waals surface area (Å²) in [5.41, 5.74) is 4.58. The van der Waals surface area contributed by atoms with E-state index in [1.54, 1.807) is 55.5 Å². The average molecular weight is 760 g/mol. The number of fused-ring (bicyclic) bond motifs is 1. The maximum absolute atomic E-state index is 14.7. The maximum atomic E-state index is 14.7. The molecule has 0 radical (unpaired) electrons. The Morgan fingerprint density at radius 2 is 1.45 bits per heavy atom. The van der Waals surface area contributed by atoms with Crippen LogP contribution in [-0.2, 0) is 28.9 Å². The van der Waals surface area contributed by atoms with Gasteiger partial charge in [0, 0.05) is 30.3 Å². The zero-order valence-corrected chi connectivity index (χ0v) is 34.5. The van der Waals surface area contributed by atoms with Crippen LogP contribution >= 0.6 is 0 Å². The van der Waals surface area contributed by atoms with Crippen LogP contribution in [0.5, 0.6) is 11.5 Å². The van der Waals surface area contributed by atoms with Crippen molar-refractivity contribution in [3.8, 4) is 28.3 Å². The standard InChI is InChI=1S/C43H45N3O6.2C2H6/c1-6-8-21-37-38(39(42(49)50-7-2)44-46(37)32-17-14-20-34(27-32)51-33-18-10-9-11-19-33)35-23-22-30(41(48)52-43(3,4)5)26-36(35)40(47)45-25-24-29-15-12-13-16-31(29)28-45;2*1-2/h9-20,22-23,26-27H,6-8,21,24-25,28H2,1-5H3;2*1-2H3. The summed E-state index contributed by atoms with van der Waals surface area (Å²) >= 11 is 0. The fourth-order valence-corrected chi connectivity index (χ4v) is 6.41. The molecule has 0 spiro atoms. The largest absolute Gasteiger partial charge is 0.461 e. The number of unbranched alkanes of at least 4 members (excludes halogenated alkanes) is 1. The molecule has 1 aliphatic rings. The van der Waals surface area contributed by atoms with Gasteiger partial charge in [-0.15, -0.1) is 0 Å². The number of rotatable bonds is 11. The Morgan fingerprint density at radius 1 is 0.768 bits per heavy atom. The maximum Gasteiger partial charge on any atom is 0.359 e. The third-order valence-corrected chi connectivity index (χ3v) is 8.83. The van der Waals surface area contributed by atoms with Crippen molar-refractivity contribution in [3.63, 3.8) is 0 Å². The molecular formula is C47H57N3O6. The van der Waals surface area contributed by atoms with Gasteiger partial charge in [-0.2, -0.15) is 5.10 Å². The Bertz CT molecular complexity index is 2080. The highest BCUT2D eigenvalue weighted by Crippen LogP contribution is 2.37. The molecule has 0 unspecified atom stereocenters. The molecule has 0 aliphatic carbocycles. The first kappa shape index (κ1) is 43.0. The summed E-state index contributed by atoms with van der Waals surface area (Å²) in [6.45, 7) is 18.3. The lowest BCUT2D eigenvalue weighted by Crippen LogP contribution is -2.36. The van der Waals surface area contributed by atoms with Crippen LogP contribution in [0.4, 0.5) is 0 Å². The first-order valence-corrected chi connectivity index (χ1v) is 19.9. The lowest BCUT2D eigenvalue weighted by Gasteiger charge is -2.30. The molecule has 0 atom stereocenters. The summed E-state index contributed by atoms with van der Waals surface area (Å²) in [5.74, 6) is -0.111. The molecule has 1 aromatic heterocycles. The van der Waals surface area contributed by atoms with E-state index in [9.17, 15) is 14.4 Å². The van der Waals surface area contributed by atoms with Crippen LogP contribution in [-0.4, -0.2) is 51.3 Å². The van der Waals surface area contributed by atoms with Crippen LogP contribution in [0.2, 0.25) is 0 Å². The molecule has 0 saturated heterocycles. The molecule has 5 aromatic rings. The molecule has 0 bridgehead atoms. The van der Waals surface area contributed by atoms with Gasteiger partial charge >= 0.3 is 11.9 Å². The molecule has 1 aliphatic heterocycles. The van der Waals surface area contributed by atoms with Crippen LogP contribution in [0.1, 0.15) is 123 Å². The molecule has 1 amide bonds. The summed E-state index contributed by atoms with van der Waals surface area (Å²) in [7, 11) is 0. The smallest absolute Gasteiger partial charge is 0.359 e. The van der Waals surface area contributed by atoms with E-state index in [-0.39, 0.29) is 29.3 Å². The number of benzene rings is 4. The van der Waals surface area contributed by atoms with E-state index in [4.69, 9.17) is 19.3 Å². The van der Waals surface area contributed by atoms with Gasteiger partial charge in [0.05, 0.1) is 23.6 Å². The number of para-hydroxylation sites is 1. The Balaban J connectivity index is 0.00000169. The van der Waals surface area contributed by atoms with Gasteiger partial charge in [0.1, 0.15) is 17.1 Å².